The normalized spacial score (nSPS) is 16.4. The molecule has 0 saturated heterocycles. The summed E-state index contributed by atoms with van der Waals surface area (Å²) in [7, 11) is 0. The molecule has 0 aliphatic heterocycles. The second-order valence-electron chi connectivity index (χ2n) is 5.13. The summed E-state index contributed by atoms with van der Waals surface area (Å²) in [5, 5.41) is 3.55. The first-order chi connectivity index (χ1) is 9.34. The van der Waals surface area contributed by atoms with E-state index in [1.54, 1.807) is 22.9 Å². The number of hydrogen-bond donors (Lipinski definition) is 1. The molecule has 0 atom stereocenters. The number of rotatable bonds is 5. The fourth-order valence-corrected chi connectivity index (χ4v) is 2.77. The maximum absolute atomic E-state index is 11.7. The lowest BCUT2D eigenvalue weighted by Gasteiger charge is -2.11. The van der Waals surface area contributed by atoms with Crippen LogP contribution in [0.5, 0.6) is 0 Å². The molecule has 0 amide bonds. The Labute approximate surface area is 111 Å². The van der Waals surface area contributed by atoms with Gasteiger partial charge in [0.25, 0.3) is 0 Å². The highest BCUT2D eigenvalue weighted by atomic mass is 16.4. The molecule has 0 spiro atoms. The van der Waals surface area contributed by atoms with E-state index in [9.17, 15) is 4.79 Å². The highest BCUT2D eigenvalue weighted by molar-refractivity contribution is 5.67. The van der Waals surface area contributed by atoms with Crippen molar-refractivity contribution in [2.45, 2.75) is 44.7 Å². The van der Waals surface area contributed by atoms with Crippen molar-refractivity contribution < 1.29 is 4.42 Å². The summed E-state index contributed by atoms with van der Waals surface area (Å²) >= 11 is 0. The van der Waals surface area contributed by atoms with Gasteiger partial charge in [-0.05, 0) is 37.9 Å². The van der Waals surface area contributed by atoms with Gasteiger partial charge in [0.15, 0.2) is 11.2 Å². The lowest BCUT2D eigenvalue weighted by Crippen LogP contribution is -2.28. The van der Waals surface area contributed by atoms with Gasteiger partial charge in [-0.25, -0.2) is 9.78 Å². The third-order valence-electron chi connectivity index (χ3n) is 3.77. The number of nitrogens with one attached hydrogen (secondary N) is 1. The Hall–Kier alpha value is -1.62. The molecule has 2 aromatic heterocycles. The molecule has 0 bridgehead atoms. The van der Waals surface area contributed by atoms with Crippen molar-refractivity contribution in [2.24, 2.45) is 0 Å². The third kappa shape index (κ3) is 2.71. The molecule has 3 rings (SSSR count). The van der Waals surface area contributed by atoms with E-state index < -0.39 is 0 Å². The molecule has 0 unspecified atom stereocenters. The van der Waals surface area contributed by atoms with Gasteiger partial charge in [0, 0.05) is 18.8 Å². The van der Waals surface area contributed by atoms with E-state index in [-0.39, 0.29) is 5.76 Å². The predicted molar refractivity (Wildman–Crippen MR) is 73.1 cm³/mol. The van der Waals surface area contributed by atoms with Crippen LogP contribution < -0.4 is 11.1 Å². The van der Waals surface area contributed by atoms with Gasteiger partial charge in [-0.15, -0.1) is 0 Å². The highest BCUT2D eigenvalue weighted by Crippen LogP contribution is 2.17. The first kappa shape index (κ1) is 12.4. The van der Waals surface area contributed by atoms with E-state index in [2.05, 4.69) is 10.3 Å². The maximum atomic E-state index is 11.7. The summed E-state index contributed by atoms with van der Waals surface area (Å²) < 4.78 is 6.77. The average Bonchev–Trinajstić information content (AvgIpc) is 3.02. The zero-order valence-corrected chi connectivity index (χ0v) is 11.0. The first-order valence-corrected chi connectivity index (χ1v) is 7.02. The zero-order chi connectivity index (χ0) is 13.1. The van der Waals surface area contributed by atoms with Crippen LogP contribution in [0.15, 0.2) is 27.5 Å². The molecule has 0 radical (unpaired) electrons. The Kier molecular flexibility index (Phi) is 3.64. The van der Waals surface area contributed by atoms with Crippen molar-refractivity contribution in [2.75, 3.05) is 6.54 Å². The van der Waals surface area contributed by atoms with Gasteiger partial charge in [-0.2, -0.15) is 0 Å². The van der Waals surface area contributed by atoms with Gasteiger partial charge >= 0.3 is 5.76 Å². The second kappa shape index (κ2) is 5.57. The van der Waals surface area contributed by atoms with E-state index in [4.69, 9.17) is 4.42 Å². The van der Waals surface area contributed by atoms with Crippen molar-refractivity contribution in [1.82, 2.24) is 14.9 Å². The Balaban J connectivity index is 1.59. The number of aryl methyl sites for hydroxylation is 1. The van der Waals surface area contributed by atoms with Gasteiger partial charge in [0.2, 0.25) is 0 Å². The number of pyridine rings is 1. The minimum Gasteiger partial charge on any atom is -0.406 e. The van der Waals surface area contributed by atoms with Crippen LogP contribution in [-0.2, 0) is 6.54 Å². The molecule has 2 heterocycles. The number of oxazole rings is 1. The van der Waals surface area contributed by atoms with Gasteiger partial charge in [0.1, 0.15) is 0 Å². The molecule has 1 N–H and O–H groups in total. The molecule has 5 nitrogen and oxygen atoms in total. The van der Waals surface area contributed by atoms with Crippen molar-refractivity contribution in [3.63, 3.8) is 0 Å². The van der Waals surface area contributed by atoms with E-state index in [1.807, 2.05) is 0 Å². The van der Waals surface area contributed by atoms with Crippen LogP contribution in [0, 0.1) is 0 Å². The molecule has 102 valence electrons. The van der Waals surface area contributed by atoms with Gasteiger partial charge in [-0.1, -0.05) is 12.8 Å². The minimum absolute atomic E-state index is 0.311. The monoisotopic (exact) mass is 261 g/mol. The topological polar surface area (TPSA) is 60.1 Å². The smallest absolute Gasteiger partial charge is 0.406 e. The van der Waals surface area contributed by atoms with Crippen LogP contribution in [0.1, 0.15) is 32.1 Å². The Morgan fingerprint density at radius 1 is 1.42 bits per heavy atom. The van der Waals surface area contributed by atoms with Crippen LogP contribution in [0.2, 0.25) is 0 Å². The van der Waals surface area contributed by atoms with E-state index >= 15 is 0 Å². The lowest BCUT2D eigenvalue weighted by molar-refractivity contribution is 0.468. The minimum atomic E-state index is -0.311. The summed E-state index contributed by atoms with van der Waals surface area (Å²) in [6, 6.07) is 4.23. The van der Waals surface area contributed by atoms with E-state index in [0.717, 1.165) is 13.0 Å². The fraction of sp³-hybridized carbons (Fsp3) is 0.571. The quantitative estimate of drug-likeness (QED) is 0.835. The summed E-state index contributed by atoms with van der Waals surface area (Å²) in [4.78, 5) is 15.9. The number of fused-ring (bicyclic) bond motifs is 1. The summed E-state index contributed by atoms with van der Waals surface area (Å²) in [6.45, 7) is 1.60. The van der Waals surface area contributed by atoms with Gasteiger partial charge in [0.05, 0.1) is 0 Å². The second-order valence-corrected chi connectivity index (χ2v) is 5.13. The number of nitrogens with zero attached hydrogens (tertiary/aromatic N) is 2. The average molecular weight is 261 g/mol. The molecule has 1 saturated carbocycles. The third-order valence-corrected chi connectivity index (χ3v) is 3.77. The molecular formula is C14H19N3O2. The summed E-state index contributed by atoms with van der Waals surface area (Å²) in [5.74, 6) is -0.311. The molecular weight excluding hydrogens is 242 g/mol. The van der Waals surface area contributed by atoms with Crippen LogP contribution in [0.25, 0.3) is 11.2 Å². The summed E-state index contributed by atoms with van der Waals surface area (Å²) in [6.07, 6.45) is 7.86. The standard InChI is InChI=1S/C14H19N3O2/c18-14-17(13-12(19-14)7-3-8-16-13)10-4-9-15-11-5-1-2-6-11/h3,7-8,11,15H,1-2,4-6,9-10H2. The van der Waals surface area contributed by atoms with Gasteiger partial charge < -0.3 is 9.73 Å². The number of hydrogen-bond acceptors (Lipinski definition) is 4. The molecule has 0 aromatic carbocycles. The first-order valence-electron chi connectivity index (χ1n) is 7.02. The highest BCUT2D eigenvalue weighted by Gasteiger charge is 2.14. The van der Waals surface area contributed by atoms with E-state index in [1.165, 1.54) is 25.7 Å². The van der Waals surface area contributed by atoms with Crippen LogP contribution in [0.3, 0.4) is 0 Å². The zero-order valence-electron chi connectivity index (χ0n) is 11.0. The fourth-order valence-electron chi connectivity index (χ4n) is 2.77. The maximum Gasteiger partial charge on any atom is 0.421 e. The molecule has 1 aliphatic carbocycles. The van der Waals surface area contributed by atoms with Crippen molar-refractivity contribution >= 4 is 11.2 Å². The van der Waals surface area contributed by atoms with Crippen molar-refractivity contribution in [3.05, 3.63) is 28.9 Å². The Morgan fingerprint density at radius 2 is 2.26 bits per heavy atom. The van der Waals surface area contributed by atoms with Crippen LogP contribution in [-0.4, -0.2) is 22.1 Å². The molecule has 19 heavy (non-hydrogen) atoms. The largest absolute Gasteiger partial charge is 0.421 e. The van der Waals surface area contributed by atoms with Gasteiger partial charge in [-0.3, -0.25) is 4.57 Å². The SMILES string of the molecule is O=c1oc2cccnc2n1CCCNC1CCCC1. The number of aromatic nitrogens is 2. The molecule has 1 aliphatic rings. The Bertz CT molecular complexity index is 596. The molecule has 1 fully saturated rings. The lowest BCUT2D eigenvalue weighted by atomic mass is 10.2. The predicted octanol–water partition coefficient (Wildman–Crippen LogP) is 1.91. The van der Waals surface area contributed by atoms with E-state index in [0.29, 0.717) is 23.8 Å². The van der Waals surface area contributed by atoms with Crippen molar-refractivity contribution in [1.29, 1.82) is 0 Å². The Morgan fingerprint density at radius 3 is 3.11 bits per heavy atom. The van der Waals surface area contributed by atoms with Crippen molar-refractivity contribution in [3.8, 4) is 0 Å². The van der Waals surface area contributed by atoms with Crippen LogP contribution >= 0.6 is 0 Å². The molecule has 5 heteroatoms. The summed E-state index contributed by atoms with van der Waals surface area (Å²) in [5.41, 5.74) is 1.21. The molecule has 2 aromatic rings. The van der Waals surface area contributed by atoms with Crippen LogP contribution in [0.4, 0.5) is 0 Å².